The second-order valence-corrected chi connectivity index (χ2v) is 7.10. The van der Waals surface area contributed by atoms with Crippen LogP contribution in [0, 0.1) is 0 Å². The second-order valence-electron chi connectivity index (χ2n) is 5.59. The molecule has 3 N–H and O–H groups in total. The van der Waals surface area contributed by atoms with Gasteiger partial charge in [0.25, 0.3) is 0 Å². The minimum absolute atomic E-state index is 0.0845. The van der Waals surface area contributed by atoms with Crippen molar-refractivity contribution in [3.05, 3.63) is 30.3 Å². The fourth-order valence-electron chi connectivity index (χ4n) is 2.30. The summed E-state index contributed by atoms with van der Waals surface area (Å²) >= 11 is 1.78. The number of hydrogen-bond acceptors (Lipinski definition) is 4. The Morgan fingerprint density at radius 1 is 1.32 bits per heavy atom. The topological polar surface area (TPSA) is 85.8 Å². The number of carbonyl (C=O) groups excluding carboxylic acids is 2. The van der Waals surface area contributed by atoms with Crippen molar-refractivity contribution in [1.82, 2.24) is 20.9 Å². The Labute approximate surface area is 152 Å². The number of thioether (sulfide) groups is 1. The van der Waals surface area contributed by atoms with Gasteiger partial charge in [-0.2, -0.15) is 0 Å². The van der Waals surface area contributed by atoms with E-state index < -0.39 is 0 Å². The average molecular weight is 363 g/mol. The van der Waals surface area contributed by atoms with Gasteiger partial charge < -0.3 is 16.0 Å². The maximum atomic E-state index is 11.5. The lowest BCUT2D eigenvalue weighted by Crippen LogP contribution is -2.43. The first kappa shape index (κ1) is 19.1. The minimum Gasteiger partial charge on any atom is -0.357 e. The highest BCUT2D eigenvalue weighted by Crippen LogP contribution is 2.22. The maximum absolute atomic E-state index is 11.5. The highest BCUT2D eigenvalue weighted by atomic mass is 32.2. The molecule has 2 rings (SSSR count). The molecular weight excluding hydrogens is 338 g/mol. The number of aliphatic imine (C=N–C) groups is 1. The molecular formula is C17H25N5O2S. The van der Waals surface area contributed by atoms with E-state index in [1.54, 1.807) is 11.8 Å². The van der Waals surface area contributed by atoms with E-state index >= 15 is 0 Å². The normalized spacial score (nSPS) is 15.9. The molecule has 0 spiro atoms. The van der Waals surface area contributed by atoms with Crippen LogP contribution in [-0.2, 0) is 4.79 Å². The van der Waals surface area contributed by atoms with E-state index in [4.69, 9.17) is 0 Å². The highest BCUT2D eigenvalue weighted by molar-refractivity contribution is 8.00. The number of urea groups is 1. The van der Waals surface area contributed by atoms with Gasteiger partial charge in [0.05, 0.1) is 13.1 Å². The van der Waals surface area contributed by atoms with Crippen LogP contribution in [0.5, 0.6) is 0 Å². The van der Waals surface area contributed by atoms with Crippen LogP contribution in [0.3, 0.4) is 0 Å². The molecule has 7 nitrogen and oxygen atoms in total. The van der Waals surface area contributed by atoms with Crippen LogP contribution < -0.4 is 16.0 Å². The van der Waals surface area contributed by atoms with Gasteiger partial charge in [0.15, 0.2) is 5.96 Å². The smallest absolute Gasteiger partial charge is 0.324 e. The molecule has 0 aliphatic carbocycles. The highest BCUT2D eigenvalue weighted by Gasteiger charge is 2.27. The number of nitrogens with zero attached hydrogens (tertiary/aromatic N) is 2. The van der Waals surface area contributed by atoms with Crippen LogP contribution in [0.25, 0.3) is 0 Å². The molecule has 1 fully saturated rings. The summed E-state index contributed by atoms with van der Waals surface area (Å²) in [6.07, 6.45) is 0. The largest absolute Gasteiger partial charge is 0.357 e. The Morgan fingerprint density at radius 2 is 2.08 bits per heavy atom. The lowest BCUT2D eigenvalue weighted by molar-refractivity contribution is -0.124. The molecule has 136 valence electrons. The number of nitrogens with one attached hydrogen (secondary N) is 3. The summed E-state index contributed by atoms with van der Waals surface area (Å²) in [5.74, 6) is 0.497. The lowest BCUT2D eigenvalue weighted by Gasteiger charge is -2.16. The van der Waals surface area contributed by atoms with Gasteiger partial charge in [-0.05, 0) is 19.1 Å². The van der Waals surface area contributed by atoms with Crippen molar-refractivity contribution in [2.24, 2.45) is 4.99 Å². The standard InChI is InChI=1S/C17H25N5O2S/c1-3-18-16(19-9-10-22-15(23)12-21-17(22)24)20-11-13(2)25-14-7-5-4-6-8-14/h4-8,13H,3,9-12H2,1-2H3,(H,21,24)(H2,18,19,20). The summed E-state index contributed by atoms with van der Waals surface area (Å²) in [7, 11) is 0. The molecule has 1 aliphatic heterocycles. The first-order chi connectivity index (χ1) is 12.1. The SMILES string of the molecule is CCNC(=NCC(C)Sc1ccccc1)NCCN1C(=O)CNC1=O. The van der Waals surface area contributed by atoms with Crippen molar-refractivity contribution in [1.29, 1.82) is 0 Å². The van der Waals surface area contributed by atoms with Crippen molar-refractivity contribution in [2.75, 3.05) is 32.7 Å². The summed E-state index contributed by atoms with van der Waals surface area (Å²) in [4.78, 5) is 30.1. The summed E-state index contributed by atoms with van der Waals surface area (Å²) in [6.45, 7) is 6.41. The number of imide groups is 1. The van der Waals surface area contributed by atoms with Crippen LogP contribution in [0.4, 0.5) is 4.79 Å². The molecule has 1 aromatic rings. The van der Waals surface area contributed by atoms with Gasteiger partial charge in [-0.3, -0.25) is 14.7 Å². The van der Waals surface area contributed by atoms with E-state index in [2.05, 4.69) is 40.0 Å². The molecule has 1 heterocycles. The van der Waals surface area contributed by atoms with Gasteiger partial charge in [0, 0.05) is 29.8 Å². The van der Waals surface area contributed by atoms with E-state index in [1.807, 2.05) is 25.1 Å². The van der Waals surface area contributed by atoms with Gasteiger partial charge in [-0.15, -0.1) is 11.8 Å². The monoisotopic (exact) mass is 363 g/mol. The molecule has 1 aliphatic rings. The molecule has 1 aromatic carbocycles. The van der Waals surface area contributed by atoms with Crippen molar-refractivity contribution < 1.29 is 9.59 Å². The number of carbonyl (C=O) groups is 2. The van der Waals surface area contributed by atoms with E-state index in [1.165, 1.54) is 9.80 Å². The number of benzene rings is 1. The van der Waals surface area contributed by atoms with Crippen molar-refractivity contribution in [3.8, 4) is 0 Å². The molecule has 0 aromatic heterocycles. The van der Waals surface area contributed by atoms with Crippen LogP contribution in [0.2, 0.25) is 0 Å². The fraction of sp³-hybridized carbons (Fsp3) is 0.471. The minimum atomic E-state index is -0.332. The fourth-order valence-corrected chi connectivity index (χ4v) is 3.23. The number of rotatable bonds is 8. The first-order valence-electron chi connectivity index (χ1n) is 8.42. The summed E-state index contributed by atoms with van der Waals surface area (Å²) in [6, 6.07) is 9.91. The Bertz CT molecular complexity index is 592. The Hall–Kier alpha value is -2.22. The zero-order chi connectivity index (χ0) is 18.1. The van der Waals surface area contributed by atoms with Crippen molar-refractivity contribution in [3.63, 3.8) is 0 Å². The third kappa shape index (κ3) is 6.30. The molecule has 0 radical (unpaired) electrons. The molecule has 3 amide bonds. The van der Waals surface area contributed by atoms with Crippen LogP contribution in [0.15, 0.2) is 40.2 Å². The third-order valence-corrected chi connectivity index (χ3v) is 4.59. The molecule has 1 unspecified atom stereocenters. The zero-order valence-corrected chi connectivity index (χ0v) is 15.4. The Balaban J connectivity index is 1.79. The molecule has 0 bridgehead atoms. The number of amides is 3. The van der Waals surface area contributed by atoms with Crippen LogP contribution in [0.1, 0.15) is 13.8 Å². The van der Waals surface area contributed by atoms with Crippen molar-refractivity contribution in [2.45, 2.75) is 24.0 Å². The predicted molar refractivity (Wildman–Crippen MR) is 101 cm³/mol. The zero-order valence-electron chi connectivity index (χ0n) is 14.6. The van der Waals surface area contributed by atoms with Gasteiger partial charge in [0.2, 0.25) is 5.91 Å². The number of guanidine groups is 1. The van der Waals surface area contributed by atoms with E-state index in [-0.39, 0.29) is 18.5 Å². The average Bonchev–Trinajstić information content (AvgIpc) is 2.92. The van der Waals surface area contributed by atoms with Crippen LogP contribution in [-0.4, -0.2) is 60.8 Å². The quantitative estimate of drug-likeness (QED) is 0.280. The molecule has 1 atom stereocenters. The number of hydrogen-bond donors (Lipinski definition) is 3. The summed E-state index contributed by atoms with van der Waals surface area (Å²) < 4.78 is 0. The molecule has 8 heteroatoms. The van der Waals surface area contributed by atoms with E-state index in [0.717, 1.165) is 6.54 Å². The lowest BCUT2D eigenvalue weighted by atomic mass is 10.4. The van der Waals surface area contributed by atoms with E-state index in [0.29, 0.717) is 30.8 Å². The van der Waals surface area contributed by atoms with Gasteiger partial charge >= 0.3 is 6.03 Å². The third-order valence-electron chi connectivity index (χ3n) is 3.50. The Morgan fingerprint density at radius 3 is 2.72 bits per heavy atom. The first-order valence-corrected chi connectivity index (χ1v) is 9.30. The van der Waals surface area contributed by atoms with Crippen LogP contribution >= 0.6 is 11.8 Å². The predicted octanol–water partition coefficient (Wildman–Crippen LogP) is 1.27. The van der Waals surface area contributed by atoms with Gasteiger partial charge in [0.1, 0.15) is 0 Å². The van der Waals surface area contributed by atoms with E-state index in [9.17, 15) is 9.59 Å². The molecule has 25 heavy (non-hydrogen) atoms. The molecule has 0 saturated carbocycles. The van der Waals surface area contributed by atoms with Gasteiger partial charge in [-0.1, -0.05) is 25.1 Å². The van der Waals surface area contributed by atoms with Crippen molar-refractivity contribution >= 4 is 29.7 Å². The maximum Gasteiger partial charge on any atom is 0.324 e. The summed E-state index contributed by atoms with van der Waals surface area (Å²) in [5, 5.41) is 9.18. The second kappa shape index (κ2) is 9.93. The summed E-state index contributed by atoms with van der Waals surface area (Å²) in [5.41, 5.74) is 0. The van der Waals surface area contributed by atoms with Gasteiger partial charge in [-0.25, -0.2) is 4.79 Å². The molecule has 1 saturated heterocycles. The Kier molecular flexibility index (Phi) is 7.59.